The lowest BCUT2D eigenvalue weighted by Gasteiger charge is -2.27. The minimum absolute atomic E-state index is 0.0815. The molecule has 0 aliphatic carbocycles. The molecule has 0 fully saturated rings. The molecule has 0 aliphatic rings. The van der Waals surface area contributed by atoms with Crippen molar-refractivity contribution in [3.63, 3.8) is 0 Å². The van der Waals surface area contributed by atoms with Crippen molar-refractivity contribution in [1.29, 1.82) is 0 Å². The van der Waals surface area contributed by atoms with Crippen molar-refractivity contribution in [2.24, 2.45) is 0 Å². The van der Waals surface area contributed by atoms with Crippen molar-refractivity contribution in [2.75, 3.05) is 38.6 Å². The molecule has 0 radical (unpaired) electrons. The molecule has 10 heteroatoms. The third kappa shape index (κ3) is 6.46. The van der Waals surface area contributed by atoms with Gasteiger partial charge in [-0.3, -0.25) is 4.79 Å². The minimum atomic E-state index is -0.552. The lowest BCUT2D eigenvalue weighted by atomic mass is 10.00. The number of fused-ring (bicyclic) bond motifs is 2. The van der Waals surface area contributed by atoms with Gasteiger partial charge in [-0.05, 0) is 51.3 Å². The summed E-state index contributed by atoms with van der Waals surface area (Å²) in [4.78, 5) is 34.1. The number of pyridine rings is 1. The highest BCUT2D eigenvalue weighted by atomic mass is 16.5. The molecular weight excluding hydrogens is 510 g/mol. The van der Waals surface area contributed by atoms with Gasteiger partial charge < -0.3 is 34.4 Å². The van der Waals surface area contributed by atoms with E-state index in [1.807, 2.05) is 48.9 Å². The number of aromatic nitrogens is 3. The Kier molecular flexibility index (Phi) is 9.11. The SMILES string of the molecule is COCCC(=O)Nc1c(C(=O)OC)n(CCc2c[nH]c3ccccc23)c2ncc(NC(C)CC(C)(C)OC)cc12. The van der Waals surface area contributed by atoms with Crippen LogP contribution in [0.3, 0.4) is 0 Å². The van der Waals surface area contributed by atoms with Crippen LogP contribution in [0.2, 0.25) is 0 Å². The van der Waals surface area contributed by atoms with Crippen LogP contribution in [0.1, 0.15) is 49.7 Å². The van der Waals surface area contributed by atoms with Crippen LogP contribution in [0.5, 0.6) is 0 Å². The molecule has 1 aromatic carbocycles. The average molecular weight is 550 g/mol. The molecule has 0 aliphatic heterocycles. The molecule has 0 saturated heterocycles. The van der Waals surface area contributed by atoms with Crippen LogP contribution >= 0.6 is 0 Å². The molecule has 1 amide bonds. The molecule has 0 saturated carbocycles. The second-order valence-electron chi connectivity index (χ2n) is 10.6. The summed E-state index contributed by atoms with van der Waals surface area (Å²) in [5, 5.41) is 8.19. The van der Waals surface area contributed by atoms with E-state index in [4.69, 9.17) is 19.2 Å². The molecule has 1 atom stereocenters. The van der Waals surface area contributed by atoms with Crippen LogP contribution in [-0.2, 0) is 32.0 Å². The summed E-state index contributed by atoms with van der Waals surface area (Å²) < 4.78 is 17.7. The van der Waals surface area contributed by atoms with Gasteiger partial charge in [-0.2, -0.15) is 0 Å². The number of esters is 1. The number of aromatic amines is 1. The molecule has 0 bridgehead atoms. The van der Waals surface area contributed by atoms with Gasteiger partial charge in [-0.1, -0.05) is 18.2 Å². The predicted octanol–water partition coefficient (Wildman–Crippen LogP) is 5.14. The maximum atomic E-state index is 13.2. The van der Waals surface area contributed by atoms with Crippen molar-refractivity contribution < 1.29 is 23.8 Å². The summed E-state index contributed by atoms with van der Waals surface area (Å²) in [7, 11) is 4.57. The standard InChI is InChI=1S/C30H39N5O5/c1-19(16-30(2,3)40-6)33-21-15-23-26(34-25(36)12-14-38-4)27(29(37)39-5)35(28(23)32-18-21)13-11-20-17-31-24-10-8-7-9-22(20)24/h7-10,15,17-19,31,33H,11-14,16H2,1-6H3,(H,34,36). The number of aryl methyl sites for hydroxylation is 2. The highest BCUT2D eigenvalue weighted by Gasteiger charge is 2.27. The number of para-hydroxylation sites is 1. The predicted molar refractivity (Wildman–Crippen MR) is 157 cm³/mol. The molecule has 10 nitrogen and oxygen atoms in total. The fraction of sp³-hybridized carbons (Fsp3) is 0.433. The Hall–Kier alpha value is -3.89. The van der Waals surface area contributed by atoms with Gasteiger partial charge in [-0.25, -0.2) is 9.78 Å². The first kappa shape index (κ1) is 29.1. The lowest BCUT2D eigenvalue weighted by Crippen LogP contribution is -2.31. The number of carbonyl (C=O) groups is 2. The summed E-state index contributed by atoms with van der Waals surface area (Å²) in [6.45, 7) is 6.86. The van der Waals surface area contributed by atoms with Crippen molar-refractivity contribution in [1.82, 2.24) is 14.5 Å². The molecule has 3 heterocycles. The first-order valence-electron chi connectivity index (χ1n) is 13.4. The van der Waals surface area contributed by atoms with E-state index in [0.29, 0.717) is 29.7 Å². The lowest BCUT2D eigenvalue weighted by molar-refractivity contribution is -0.117. The topological polar surface area (TPSA) is 120 Å². The minimum Gasteiger partial charge on any atom is -0.464 e. The van der Waals surface area contributed by atoms with E-state index in [-0.39, 0.29) is 36.3 Å². The normalized spacial score (nSPS) is 12.6. The van der Waals surface area contributed by atoms with Crippen LogP contribution in [0.25, 0.3) is 21.9 Å². The number of rotatable bonds is 13. The quantitative estimate of drug-likeness (QED) is 0.198. The maximum Gasteiger partial charge on any atom is 0.356 e. The van der Waals surface area contributed by atoms with Gasteiger partial charge in [-0.15, -0.1) is 0 Å². The van der Waals surface area contributed by atoms with E-state index in [1.165, 1.54) is 14.2 Å². The second kappa shape index (κ2) is 12.5. The summed E-state index contributed by atoms with van der Waals surface area (Å²) in [5.41, 5.74) is 3.85. The Morgan fingerprint density at radius 2 is 1.93 bits per heavy atom. The molecule has 4 aromatic rings. The Labute approximate surface area is 234 Å². The number of H-pyrrole nitrogens is 1. The second-order valence-corrected chi connectivity index (χ2v) is 10.6. The van der Waals surface area contributed by atoms with Crippen LogP contribution < -0.4 is 10.6 Å². The van der Waals surface area contributed by atoms with Crippen LogP contribution in [0.15, 0.2) is 42.7 Å². The van der Waals surface area contributed by atoms with Gasteiger partial charge in [0, 0.05) is 49.3 Å². The molecule has 3 N–H and O–H groups in total. The molecule has 0 spiro atoms. The van der Waals surface area contributed by atoms with Crippen molar-refractivity contribution >= 4 is 45.2 Å². The van der Waals surface area contributed by atoms with Crippen LogP contribution in [-0.4, -0.2) is 66.0 Å². The van der Waals surface area contributed by atoms with Crippen molar-refractivity contribution in [2.45, 2.75) is 58.2 Å². The zero-order valence-electron chi connectivity index (χ0n) is 24.1. The van der Waals surface area contributed by atoms with Crippen molar-refractivity contribution in [3.8, 4) is 0 Å². The molecule has 3 aromatic heterocycles. The first-order chi connectivity index (χ1) is 19.2. The van der Waals surface area contributed by atoms with Crippen LogP contribution in [0.4, 0.5) is 11.4 Å². The van der Waals surface area contributed by atoms with E-state index in [0.717, 1.165) is 28.6 Å². The van der Waals surface area contributed by atoms with E-state index < -0.39 is 5.97 Å². The molecule has 40 heavy (non-hydrogen) atoms. The highest BCUT2D eigenvalue weighted by molar-refractivity contribution is 6.11. The van der Waals surface area contributed by atoms with E-state index >= 15 is 0 Å². The van der Waals surface area contributed by atoms with Gasteiger partial charge >= 0.3 is 5.97 Å². The smallest absolute Gasteiger partial charge is 0.356 e. The fourth-order valence-corrected chi connectivity index (χ4v) is 5.08. The number of hydrogen-bond donors (Lipinski definition) is 3. The van der Waals surface area contributed by atoms with Gasteiger partial charge in [0.1, 0.15) is 5.65 Å². The summed E-state index contributed by atoms with van der Waals surface area (Å²) >= 11 is 0. The average Bonchev–Trinajstić information content (AvgIpc) is 3.48. The largest absolute Gasteiger partial charge is 0.464 e. The summed E-state index contributed by atoms with van der Waals surface area (Å²) in [6, 6.07) is 10.1. The summed E-state index contributed by atoms with van der Waals surface area (Å²) in [6.07, 6.45) is 5.28. The number of anilines is 2. The van der Waals surface area contributed by atoms with Gasteiger partial charge in [0.2, 0.25) is 5.91 Å². The highest BCUT2D eigenvalue weighted by Crippen LogP contribution is 2.34. The Morgan fingerprint density at radius 1 is 1.15 bits per heavy atom. The zero-order chi connectivity index (χ0) is 28.9. The van der Waals surface area contributed by atoms with E-state index in [9.17, 15) is 9.59 Å². The monoisotopic (exact) mass is 549 g/mol. The number of hydrogen-bond acceptors (Lipinski definition) is 7. The number of methoxy groups -OCH3 is 3. The molecule has 4 rings (SSSR count). The van der Waals surface area contributed by atoms with Gasteiger partial charge in [0.15, 0.2) is 5.69 Å². The Morgan fingerprint density at radius 3 is 2.65 bits per heavy atom. The number of ether oxygens (including phenoxy) is 3. The third-order valence-electron chi connectivity index (χ3n) is 7.12. The first-order valence-corrected chi connectivity index (χ1v) is 13.4. The number of carbonyl (C=O) groups excluding carboxylic acids is 2. The van der Waals surface area contributed by atoms with Crippen LogP contribution in [0, 0.1) is 0 Å². The van der Waals surface area contributed by atoms with Crippen molar-refractivity contribution in [3.05, 3.63) is 54.0 Å². The number of nitrogens with zero attached hydrogens (tertiary/aromatic N) is 2. The van der Waals surface area contributed by atoms with Gasteiger partial charge in [0.25, 0.3) is 0 Å². The number of amides is 1. The zero-order valence-corrected chi connectivity index (χ0v) is 24.1. The molecule has 214 valence electrons. The fourth-order valence-electron chi connectivity index (χ4n) is 5.08. The van der Waals surface area contributed by atoms with Gasteiger partial charge in [0.05, 0.1) is 43.3 Å². The Bertz CT molecular complexity index is 1490. The molecular formula is C30H39N5O5. The third-order valence-corrected chi connectivity index (χ3v) is 7.12. The number of benzene rings is 1. The van der Waals surface area contributed by atoms with E-state index in [1.54, 1.807) is 13.3 Å². The Balaban J connectivity index is 1.76. The van der Waals surface area contributed by atoms with E-state index in [2.05, 4.69) is 28.6 Å². The molecule has 1 unspecified atom stereocenters. The summed E-state index contributed by atoms with van der Waals surface area (Å²) in [5.74, 6) is -0.819. The number of nitrogens with one attached hydrogen (secondary N) is 3. The maximum absolute atomic E-state index is 13.2.